The van der Waals surface area contributed by atoms with Gasteiger partial charge in [0.05, 0.1) is 18.4 Å². The predicted octanol–water partition coefficient (Wildman–Crippen LogP) is 3.71. The summed E-state index contributed by atoms with van der Waals surface area (Å²) in [5.74, 6) is 1.04. The quantitative estimate of drug-likeness (QED) is 0.737. The zero-order chi connectivity index (χ0) is 18.7. The zero-order valence-electron chi connectivity index (χ0n) is 14.8. The molecule has 5 nitrogen and oxygen atoms in total. The molecule has 0 saturated heterocycles. The highest BCUT2D eigenvalue weighted by molar-refractivity contribution is 8.00. The number of carbonyl (C=O) groups excluding carboxylic acids is 2. The van der Waals surface area contributed by atoms with Crippen molar-refractivity contribution in [2.45, 2.75) is 31.1 Å². The highest BCUT2D eigenvalue weighted by Crippen LogP contribution is 2.39. The molecule has 0 unspecified atom stereocenters. The predicted molar refractivity (Wildman–Crippen MR) is 106 cm³/mol. The van der Waals surface area contributed by atoms with Crippen molar-refractivity contribution in [1.29, 1.82) is 0 Å². The number of benzene rings is 1. The highest BCUT2D eigenvalue weighted by atomic mass is 32.2. The summed E-state index contributed by atoms with van der Waals surface area (Å²) in [7, 11) is 1.62. The molecule has 1 heterocycles. The van der Waals surface area contributed by atoms with Gasteiger partial charge in [-0.05, 0) is 55.0 Å². The van der Waals surface area contributed by atoms with Crippen LogP contribution in [0.3, 0.4) is 0 Å². The Bertz CT molecular complexity index is 815. The van der Waals surface area contributed by atoms with E-state index in [0.29, 0.717) is 16.5 Å². The second-order valence-corrected chi connectivity index (χ2v) is 8.59. The van der Waals surface area contributed by atoms with E-state index in [1.165, 1.54) is 28.0 Å². The van der Waals surface area contributed by atoms with Crippen LogP contribution in [0.4, 0.5) is 5.00 Å². The van der Waals surface area contributed by atoms with Gasteiger partial charge in [0.15, 0.2) is 0 Å². The van der Waals surface area contributed by atoms with Crippen LogP contribution in [0.1, 0.15) is 34.1 Å². The molecule has 7 heteroatoms. The number of ether oxygens (including phenoxy) is 1. The number of rotatable bonds is 6. The molecule has 3 rings (SSSR count). The van der Waals surface area contributed by atoms with E-state index in [9.17, 15) is 9.59 Å². The van der Waals surface area contributed by atoms with Gasteiger partial charge in [0.25, 0.3) is 5.91 Å². The van der Waals surface area contributed by atoms with Crippen molar-refractivity contribution >= 4 is 39.9 Å². The first-order valence-corrected chi connectivity index (χ1v) is 10.3. The number of thioether (sulfide) groups is 1. The summed E-state index contributed by atoms with van der Waals surface area (Å²) in [6.07, 6.45) is 2.84. The molecule has 0 saturated carbocycles. The summed E-state index contributed by atoms with van der Waals surface area (Å²) in [5.41, 5.74) is 7.11. The number of fused-ring (bicyclic) bond motifs is 1. The third kappa shape index (κ3) is 4.22. The molecule has 2 aromatic rings. The minimum atomic E-state index is -0.463. The van der Waals surface area contributed by atoms with E-state index in [4.69, 9.17) is 10.5 Å². The topological polar surface area (TPSA) is 81.4 Å². The standard InChI is InChI=1S/C19H22N2O3S2/c1-11-3-8-14-15(9-11)26-19(17(14)18(20)23)21-16(22)10-25-13-6-4-12(24-2)5-7-13/h4-7,11H,3,8-10H2,1-2H3,(H2,20,23)(H,21,22)/t11-/m1/s1. The number of anilines is 1. The molecule has 0 fully saturated rings. The Morgan fingerprint density at radius 1 is 1.35 bits per heavy atom. The minimum absolute atomic E-state index is 0.139. The van der Waals surface area contributed by atoms with Gasteiger partial charge in [-0.3, -0.25) is 9.59 Å². The van der Waals surface area contributed by atoms with Gasteiger partial charge in [-0.25, -0.2) is 0 Å². The molecule has 1 aliphatic carbocycles. The lowest BCUT2D eigenvalue weighted by atomic mass is 9.88. The summed E-state index contributed by atoms with van der Waals surface area (Å²) in [6, 6.07) is 7.55. The smallest absolute Gasteiger partial charge is 0.251 e. The Morgan fingerprint density at radius 2 is 2.08 bits per heavy atom. The fraction of sp³-hybridized carbons (Fsp3) is 0.368. The van der Waals surface area contributed by atoms with Crippen molar-refractivity contribution in [3.63, 3.8) is 0 Å². The average Bonchev–Trinajstić information content (AvgIpc) is 2.97. The number of nitrogens with one attached hydrogen (secondary N) is 1. The molecule has 138 valence electrons. The van der Waals surface area contributed by atoms with E-state index in [1.807, 2.05) is 24.3 Å². The maximum Gasteiger partial charge on any atom is 0.251 e. The first-order chi connectivity index (χ1) is 12.5. The normalized spacial score (nSPS) is 16.0. The Kier molecular flexibility index (Phi) is 5.88. The van der Waals surface area contributed by atoms with Gasteiger partial charge in [-0.1, -0.05) is 6.92 Å². The van der Waals surface area contributed by atoms with Crippen LogP contribution in [0.2, 0.25) is 0 Å². The highest BCUT2D eigenvalue weighted by Gasteiger charge is 2.27. The third-order valence-corrected chi connectivity index (χ3v) is 6.62. The fourth-order valence-electron chi connectivity index (χ4n) is 3.08. The van der Waals surface area contributed by atoms with Gasteiger partial charge in [0.1, 0.15) is 10.8 Å². The summed E-state index contributed by atoms with van der Waals surface area (Å²) in [6.45, 7) is 2.20. The number of carbonyl (C=O) groups is 2. The van der Waals surface area contributed by atoms with E-state index in [1.54, 1.807) is 7.11 Å². The van der Waals surface area contributed by atoms with Gasteiger partial charge < -0.3 is 15.8 Å². The molecule has 1 aromatic carbocycles. The summed E-state index contributed by atoms with van der Waals surface area (Å²) in [4.78, 5) is 26.4. The van der Waals surface area contributed by atoms with E-state index in [-0.39, 0.29) is 11.7 Å². The van der Waals surface area contributed by atoms with Crippen LogP contribution in [-0.4, -0.2) is 24.7 Å². The lowest BCUT2D eigenvalue weighted by molar-refractivity contribution is -0.113. The maximum absolute atomic E-state index is 12.4. The molecular weight excluding hydrogens is 368 g/mol. The van der Waals surface area contributed by atoms with Crippen LogP contribution < -0.4 is 15.8 Å². The number of primary amides is 1. The monoisotopic (exact) mass is 390 g/mol. The molecule has 3 N–H and O–H groups in total. The van der Waals surface area contributed by atoms with Gasteiger partial charge >= 0.3 is 0 Å². The van der Waals surface area contributed by atoms with Gasteiger partial charge in [0.2, 0.25) is 5.91 Å². The van der Waals surface area contributed by atoms with E-state index < -0.39 is 5.91 Å². The molecule has 0 radical (unpaired) electrons. The molecule has 1 aromatic heterocycles. The fourth-order valence-corrected chi connectivity index (χ4v) is 5.21. The lowest BCUT2D eigenvalue weighted by Crippen LogP contribution is -2.20. The summed E-state index contributed by atoms with van der Waals surface area (Å²) in [5, 5.41) is 3.48. The largest absolute Gasteiger partial charge is 0.497 e. The summed E-state index contributed by atoms with van der Waals surface area (Å²) < 4.78 is 5.13. The first-order valence-electron chi connectivity index (χ1n) is 8.49. The molecule has 26 heavy (non-hydrogen) atoms. The maximum atomic E-state index is 12.4. The SMILES string of the molecule is COc1ccc(SCC(=O)Nc2sc3c(c2C(N)=O)CC[C@@H](C)C3)cc1. The van der Waals surface area contributed by atoms with Gasteiger partial charge in [-0.15, -0.1) is 23.1 Å². The Labute approximate surface area is 161 Å². The Hall–Kier alpha value is -1.99. The molecule has 1 aliphatic rings. The van der Waals surface area contributed by atoms with E-state index in [0.717, 1.165) is 35.5 Å². The van der Waals surface area contributed by atoms with Crippen molar-refractivity contribution in [2.75, 3.05) is 18.2 Å². The molecule has 0 spiro atoms. The number of thiophene rings is 1. The first kappa shape index (κ1) is 18.8. The molecule has 2 amide bonds. The number of hydrogen-bond donors (Lipinski definition) is 2. The lowest BCUT2D eigenvalue weighted by Gasteiger charge is -2.18. The van der Waals surface area contributed by atoms with Crippen LogP contribution in [0.25, 0.3) is 0 Å². The van der Waals surface area contributed by atoms with Crippen molar-refractivity contribution < 1.29 is 14.3 Å². The van der Waals surface area contributed by atoms with E-state index >= 15 is 0 Å². The second-order valence-electron chi connectivity index (χ2n) is 6.43. The average molecular weight is 391 g/mol. The van der Waals surface area contributed by atoms with Crippen molar-refractivity contribution in [3.8, 4) is 5.75 Å². The van der Waals surface area contributed by atoms with Crippen molar-refractivity contribution in [1.82, 2.24) is 0 Å². The molecule has 0 bridgehead atoms. The number of hydrogen-bond acceptors (Lipinski definition) is 5. The van der Waals surface area contributed by atoms with Gasteiger partial charge in [-0.2, -0.15) is 0 Å². The van der Waals surface area contributed by atoms with Crippen LogP contribution >= 0.6 is 23.1 Å². The summed E-state index contributed by atoms with van der Waals surface area (Å²) >= 11 is 2.93. The molecule has 0 aliphatic heterocycles. The van der Waals surface area contributed by atoms with E-state index in [2.05, 4.69) is 12.2 Å². The molecule has 1 atom stereocenters. The van der Waals surface area contributed by atoms with Crippen LogP contribution in [-0.2, 0) is 17.6 Å². The number of nitrogens with two attached hydrogens (primary N) is 1. The minimum Gasteiger partial charge on any atom is -0.497 e. The van der Waals surface area contributed by atoms with Crippen LogP contribution in [0, 0.1) is 5.92 Å². The third-order valence-electron chi connectivity index (χ3n) is 4.44. The van der Waals surface area contributed by atoms with Crippen molar-refractivity contribution in [2.24, 2.45) is 11.7 Å². The Balaban J connectivity index is 1.67. The molecular formula is C19H22N2O3S2. The Morgan fingerprint density at radius 3 is 2.73 bits per heavy atom. The second kappa shape index (κ2) is 8.14. The van der Waals surface area contributed by atoms with Crippen molar-refractivity contribution in [3.05, 3.63) is 40.3 Å². The zero-order valence-corrected chi connectivity index (χ0v) is 16.5. The van der Waals surface area contributed by atoms with Crippen LogP contribution in [0.15, 0.2) is 29.2 Å². The number of methoxy groups -OCH3 is 1. The number of amides is 2. The van der Waals surface area contributed by atoms with Crippen LogP contribution in [0.5, 0.6) is 5.75 Å². The van der Waals surface area contributed by atoms with Gasteiger partial charge in [0, 0.05) is 9.77 Å².